The summed E-state index contributed by atoms with van der Waals surface area (Å²) >= 11 is 0. The summed E-state index contributed by atoms with van der Waals surface area (Å²) in [5.74, 6) is 0. The topological polar surface area (TPSA) is 12.0 Å². The van der Waals surface area contributed by atoms with E-state index in [1.165, 1.54) is 30.4 Å². The van der Waals surface area contributed by atoms with Gasteiger partial charge in [0.2, 0.25) is 0 Å². The summed E-state index contributed by atoms with van der Waals surface area (Å²) in [4.78, 5) is 0. The van der Waals surface area contributed by atoms with E-state index in [0.29, 0.717) is 5.41 Å². The highest BCUT2D eigenvalue weighted by Crippen LogP contribution is 2.40. The maximum absolute atomic E-state index is 3.77. The first-order chi connectivity index (χ1) is 7.91. The van der Waals surface area contributed by atoms with Gasteiger partial charge in [0.05, 0.1) is 0 Å². The first-order valence-corrected chi connectivity index (χ1v) is 6.74. The van der Waals surface area contributed by atoms with E-state index in [1.54, 1.807) is 0 Å². The lowest BCUT2D eigenvalue weighted by molar-refractivity contribution is 0.232. The fourth-order valence-electron chi connectivity index (χ4n) is 3.15. The Labute approximate surface area is 106 Å². The molecule has 1 aromatic carbocycles. The lowest BCUT2D eigenvalue weighted by atomic mass is 9.75. The fraction of sp³-hybridized carbons (Fsp3) is 0.625. The van der Waals surface area contributed by atoms with Gasteiger partial charge in [-0.05, 0) is 43.7 Å². The summed E-state index contributed by atoms with van der Waals surface area (Å²) in [6.45, 7) is 10.4. The summed E-state index contributed by atoms with van der Waals surface area (Å²) in [6, 6.07) is 9.01. The monoisotopic (exact) mass is 231 g/mol. The van der Waals surface area contributed by atoms with Gasteiger partial charge in [-0.25, -0.2) is 0 Å². The van der Waals surface area contributed by atoms with Gasteiger partial charge >= 0.3 is 0 Å². The fourth-order valence-corrected chi connectivity index (χ4v) is 3.15. The number of benzene rings is 1. The van der Waals surface area contributed by atoms with E-state index in [9.17, 15) is 0 Å². The molecule has 0 radical (unpaired) electrons. The lowest BCUT2D eigenvalue weighted by Gasteiger charge is -2.36. The van der Waals surface area contributed by atoms with Gasteiger partial charge in [-0.1, -0.05) is 50.6 Å². The Morgan fingerprint density at radius 1 is 1.29 bits per heavy atom. The highest BCUT2D eigenvalue weighted by Gasteiger charge is 2.38. The molecule has 1 heteroatoms. The smallest absolute Gasteiger partial charge is 0.0440 e. The van der Waals surface area contributed by atoms with Gasteiger partial charge in [0.1, 0.15) is 0 Å². The molecular weight excluding hydrogens is 206 g/mol. The molecule has 1 unspecified atom stereocenters. The molecule has 1 nitrogen and oxygen atoms in total. The lowest BCUT2D eigenvalue weighted by Crippen LogP contribution is -2.40. The highest BCUT2D eigenvalue weighted by molar-refractivity contribution is 5.30. The van der Waals surface area contributed by atoms with Crippen molar-refractivity contribution in [3.8, 4) is 0 Å². The van der Waals surface area contributed by atoms with Gasteiger partial charge < -0.3 is 5.32 Å². The van der Waals surface area contributed by atoms with Crippen molar-refractivity contribution in [1.82, 2.24) is 5.32 Å². The van der Waals surface area contributed by atoms with Gasteiger partial charge in [0, 0.05) is 5.54 Å². The maximum atomic E-state index is 3.77. The zero-order chi connectivity index (χ0) is 12.5. The SMILES string of the molecule is Cc1cccc(C2(CC(C)(C)C)CCCN2)c1. The van der Waals surface area contributed by atoms with Gasteiger partial charge in [0.25, 0.3) is 0 Å². The molecule has 0 saturated carbocycles. The summed E-state index contributed by atoms with van der Waals surface area (Å²) in [6.07, 6.45) is 3.78. The van der Waals surface area contributed by atoms with E-state index in [1.807, 2.05) is 0 Å². The first-order valence-electron chi connectivity index (χ1n) is 6.74. The second-order valence-corrected chi connectivity index (χ2v) is 6.72. The molecule has 1 aliphatic heterocycles. The maximum Gasteiger partial charge on any atom is 0.0440 e. The van der Waals surface area contributed by atoms with Crippen LogP contribution < -0.4 is 5.32 Å². The third-order valence-corrected chi connectivity index (χ3v) is 3.65. The predicted molar refractivity (Wildman–Crippen MR) is 74.2 cm³/mol. The zero-order valence-corrected chi connectivity index (χ0v) is 11.6. The Kier molecular flexibility index (Phi) is 3.31. The van der Waals surface area contributed by atoms with Crippen molar-refractivity contribution in [3.05, 3.63) is 35.4 Å². The van der Waals surface area contributed by atoms with Crippen LogP contribution in [0.5, 0.6) is 0 Å². The molecule has 1 N–H and O–H groups in total. The average Bonchev–Trinajstić information content (AvgIpc) is 2.65. The molecule has 0 spiro atoms. The molecular formula is C16H25N. The van der Waals surface area contributed by atoms with Crippen LogP contribution in [0, 0.1) is 12.3 Å². The normalized spacial score (nSPS) is 25.2. The quantitative estimate of drug-likeness (QED) is 0.811. The van der Waals surface area contributed by atoms with Crippen LogP contribution in [0.3, 0.4) is 0 Å². The number of hydrogen-bond donors (Lipinski definition) is 1. The van der Waals surface area contributed by atoms with Crippen molar-refractivity contribution < 1.29 is 0 Å². The summed E-state index contributed by atoms with van der Waals surface area (Å²) in [5.41, 5.74) is 3.42. The Morgan fingerprint density at radius 3 is 2.59 bits per heavy atom. The molecule has 0 bridgehead atoms. The highest BCUT2D eigenvalue weighted by atomic mass is 15.0. The first kappa shape index (κ1) is 12.6. The molecule has 2 rings (SSSR count). The van der Waals surface area contributed by atoms with Crippen LogP contribution in [0.2, 0.25) is 0 Å². The van der Waals surface area contributed by atoms with Crippen LogP contribution in [-0.4, -0.2) is 6.54 Å². The summed E-state index contributed by atoms with van der Waals surface area (Å²) < 4.78 is 0. The van der Waals surface area contributed by atoms with Gasteiger partial charge in [0.15, 0.2) is 0 Å². The minimum Gasteiger partial charge on any atom is -0.307 e. The van der Waals surface area contributed by atoms with Gasteiger partial charge in [-0.15, -0.1) is 0 Å². The van der Waals surface area contributed by atoms with Crippen LogP contribution in [0.25, 0.3) is 0 Å². The Hall–Kier alpha value is -0.820. The van der Waals surface area contributed by atoms with Crippen LogP contribution in [-0.2, 0) is 5.54 Å². The molecule has 0 amide bonds. The molecule has 1 heterocycles. The largest absolute Gasteiger partial charge is 0.307 e. The molecule has 17 heavy (non-hydrogen) atoms. The minimum absolute atomic E-state index is 0.213. The molecule has 1 aliphatic rings. The number of rotatable bonds is 2. The molecule has 0 aromatic heterocycles. The van der Waals surface area contributed by atoms with Crippen molar-refractivity contribution in [2.75, 3.05) is 6.54 Å². The van der Waals surface area contributed by atoms with Crippen LogP contribution >= 0.6 is 0 Å². The van der Waals surface area contributed by atoms with E-state index in [0.717, 1.165) is 6.54 Å². The number of nitrogens with one attached hydrogen (secondary N) is 1. The van der Waals surface area contributed by atoms with Crippen molar-refractivity contribution in [2.24, 2.45) is 5.41 Å². The Balaban J connectivity index is 2.34. The van der Waals surface area contributed by atoms with Gasteiger partial charge in [-0.2, -0.15) is 0 Å². The Morgan fingerprint density at radius 2 is 2.06 bits per heavy atom. The van der Waals surface area contributed by atoms with Crippen LogP contribution in [0.15, 0.2) is 24.3 Å². The van der Waals surface area contributed by atoms with Crippen molar-refractivity contribution in [3.63, 3.8) is 0 Å². The van der Waals surface area contributed by atoms with E-state index < -0.39 is 0 Å². The van der Waals surface area contributed by atoms with E-state index in [-0.39, 0.29) is 5.54 Å². The molecule has 94 valence electrons. The van der Waals surface area contributed by atoms with Crippen LogP contribution in [0.4, 0.5) is 0 Å². The molecule has 1 fully saturated rings. The molecule has 1 atom stereocenters. The molecule has 1 saturated heterocycles. The van der Waals surface area contributed by atoms with Gasteiger partial charge in [-0.3, -0.25) is 0 Å². The van der Waals surface area contributed by atoms with E-state index in [2.05, 4.69) is 57.3 Å². The zero-order valence-electron chi connectivity index (χ0n) is 11.6. The van der Waals surface area contributed by atoms with Crippen molar-refractivity contribution >= 4 is 0 Å². The second-order valence-electron chi connectivity index (χ2n) is 6.72. The molecule has 0 aliphatic carbocycles. The summed E-state index contributed by atoms with van der Waals surface area (Å²) in [5, 5.41) is 3.77. The number of hydrogen-bond acceptors (Lipinski definition) is 1. The summed E-state index contributed by atoms with van der Waals surface area (Å²) in [7, 11) is 0. The van der Waals surface area contributed by atoms with Crippen molar-refractivity contribution in [1.29, 1.82) is 0 Å². The molecule has 1 aromatic rings. The Bertz CT molecular complexity index is 381. The third-order valence-electron chi connectivity index (χ3n) is 3.65. The van der Waals surface area contributed by atoms with Crippen LogP contribution in [0.1, 0.15) is 51.2 Å². The standard InChI is InChI=1S/C16H25N/c1-13-7-5-8-14(11-13)16(9-6-10-17-16)12-15(2,3)4/h5,7-8,11,17H,6,9-10,12H2,1-4H3. The predicted octanol–water partition coefficient (Wildman–Crippen LogP) is 4.01. The number of aryl methyl sites for hydroxylation is 1. The van der Waals surface area contributed by atoms with E-state index >= 15 is 0 Å². The second kappa shape index (κ2) is 4.45. The third kappa shape index (κ3) is 2.90. The average molecular weight is 231 g/mol. The van der Waals surface area contributed by atoms with E-state index in [4.69, 9.17) is 0 Å². The minimum atomic E-state index is 0.213. The van der Waals surface area contributed by atoms with Crippen molar-refractivity contribution in [2.45, 2.75) is 52.5 Å².